The van der Waals surface area contributed by atoms with Gasteiger partial charge in [-0.15, -0.1) is 0 Å². The number of aryl methyl sites for hydroxylation is 6. The van der Waals surface area contributed by atoms with Crippen molar-refractivity contribution in [2.24, 2.45) is 0 Å². The monoisotopic (exact) mass is 650 g/mol. The molecule has 6 aromatic carbocycles. The maximum Gasteiger partial charge on any atom is 0.0502 e. The van der Waals surface area contributed by atoms with Crippen molar-refractivity contribution in [2.45, 2.75) is 55.4 Å². The molecule has 0 spiro atoms. The molecule has 2 aliphatic rings. The Bertz CT molecular complexity index is 2210. The van der Waals surface area contributed by atoms with Crippen LogP contribution in [0.25, 0.3) is 77.2 Å². The topological polar surface area (TPSA) is 0 Å². The summed E-state index contributed by atoms with van der Waals surface area (Å²) in [5.74, 6) is 0. The van der Waals surface area contributed by atoms with Crippen LogP contribution in [0.15, 0.2) is 36.4 Å². The Morgan fingerprint density at radius 3 is 0.841 bits per heavy atom. The van der Waals surface area contributed by atoms with E-state index in [9.17, 15) is 0 Å². The van der Waals surface area contributed by atoms with Crippen LogP contribution in [0.5, 0.6) is 0 Å². The highest BCUT2D eigenvalue weighted by molar-refractivity contribution is 6.45. The predicted molar refractivity (Wildman–Crippen MR) is 194 cm³/mol. The van der Waals surface area contributed by atoms with Gasteiger partial charge in [-0.05, 0) is 180 Å². The van der Waals surface area contributed by atoms with E-state index in [0.29, 0.717) is 20.1 Å². The zero-order valence-electron chi connectivity index (χ0n) is 26.0. The van der Waals surface area contributed by atoms with Crippen LogP contribution in [0.4, 0.5) is 0 Å². The summed E-state index contributed by atoms with van der Waals surface area (Å²) >= 11 is 27.4. The molecule has 0 nitrogen and oxygen atoms in total. The van der Waals surface area contributed by atoms with E-state index in [2.05, 4.69) is 91.8 Å². The van der Waals surface area contributed by atoms with Crippen molar-refractivity contribution < 1.29 is 0 Å². The molecule has 0 N–H and O–H groups in total. The molecule has 0 fully saturated rings. The Morgan fingerprint density at radius 2 is 0.545 bits per heavy atom. The third-order valence-corrected chi connectivity index (χ3v) is 11.5. The van der Waals surface area contributed by atoms with Gasteiger partial charge >= 0.3 is 0 Å². The van der Waals surface area contributed by atoms with E-state index in [1.54, 1.807) is 0 Å². The second-order valence-electron chi connectivity index (χ2n) is 12.9. The fourth-order valence-electron chi connectivity index (χ4n) is 8.53. The maximum atomic E-state index is 6.85. The molecule has 8 rings (SSSR count). The fourth-order valence-corrected chi connectivity index (χ4v) is 10.1. The number of rotatable bonds is 1. The second-order valence-corrected chi connectivity index (χ2v) is 14.6. The molecule has 0 saturated heterocycles. The van der Waals surface area contributed by atoms with Crippen molar-refractivity contribution in [3.05, 3.63) is 101 Å². The van der Waals surface area contributed by atoms with Crippen LogP contribution in [0.1, 0.15) is 44.5 Å². The summed E-state index contributed by atoms with van der Waals surface area (Å²) < 4.78 is 0. The summed E-state index contributed by atoms with van der Waals surface area (Å²) in [6.45, 7) is 17.7. The highest BCUT2D eigenvalue weighted by Gasteiger charge is 2.34. The molecular formula is C40H30Cl4. The van der Waals surface area contributed by atoms with Gasteiger partial charge in [0, 0.05) is 21.5 Å². The molecule has 6 aromatic rings. The molecule has 44 heavy (non-hydrogen) atoms. The number of halogens is 4. The van der Waals surface area contributed by atoms with Crippen LogP contribution < -0.4 is 0 Å². The number of benzene rings is 6. The van der Waals surface area contributed by atoms with E-state index in [0.717, 1.165) is 10.8 Å². The minimum absolute atomic E-state index is 0.709. The Balaban J connectivity index is 1.48. The first-order valence-electron chi connectivity index (χ1n) is 15.0. The third-order valence-electron chi connectivity index (χ3n) is 10.3. The minimum Gasteiger partial charge on any atom is -0.0836 e. The van der Waals surface area contributed by atoms with Crippen LogP contribution in [0.3, 0.4) is 0 Å². The second kappa shape index (κ2) is 9.27. The summed E-state index contributed by atoms with van der Waals surface area (Å²) in [4.78, 5) is 0. The first kappa shape index (κ1) is 28.5. The quantitative estimate of drug-likeness (QED) is 0.166. The summed E-state index contributed by atoms with van der Waals surface area (Å²) in [5.41, 5.74) is 22.5. The molecule has 0 atom stereocenters. The summed E-state index contributed by atoms with van der Waals surface area (Å²) in [6.07, 6.45) is 0. The van der Waals surface area contributed by atoms with Crippen LogP contribution in [0, 0.1) is 55.4 Å². The van der Waals surface area contributed by atoms with E-state index >= 15 is 0 Å². The van der Waals surface area contributed by atoms with E-state index in [-0.39, 0.29) is 0 Å². The summed E-state index contributed by atoms with van der Waals surface area (Å²) in [7, 11) is 0. The normalized spacial score (nSPS) is 12.5. The van der Waals surface area contributed by atoms with Gasteiger partial charge in [-0.2, -0.15) is 0 Å². The van der Waals surface area contributed by atoms with Crippen molar-refractivity contribution in [1.82, 2.24) is 0 Å². The van der Waals surface area contributed by atoms with Gasteiger partial charge < -0.3 is 0 Å². The number of hydrogen-bond acceptors (Lipinski definition) is 0. The molecule has 2 aliphatic carbocycles. The first-order chi connectivity index (χ1) is 20.8. The van der Waals surface area contributed by atoms with E-state index in [4.69, 9.17) is 46.4 Å². The van der Waals surface area contributed by atoms with Crippen LogP contribution in [-0.4, -0.2) is 0 Å². The van der Waals surface area contributed by atoms with Gasteiger partial charge in [-0.1, -0.05) is 58.5 Å². The smallest absolute Gasteiger partial charge is 0.0502 e. The van der Waals surface area contributed by atoms with Gasteiger partial charge in [-0.3, -0.25) is 0 Å². The van der Waals surface area contributed by atoms with Gasteiger partial charge in [0.2, 0.25) is 0 Å². The van der Waals surface area contributed by atoms with Gasteiger partial charge in [0.1, 0.15) is 0 Å². The van der Waals surface area contributed by atoms with Crippen LogP contribution in [-0.2, 0) is 0 Å². The lowest BCUT2D eigenvalue weighted by molar-refractivity contribution is 1.35. The Labute approximate surface area is 278 Å². The maximum absolute atomic E-state index is 6.85. The van der Waals surface area contributed by atoms with Crippen molar-refractivity contribution in [2.75, 3.05) is 0 Å². The highest BCUT2D eigenvalue weighted by Crippen LogP contribution is 2.59. The summed E-state index contributed by atoms with van der Waals surface area (Å²) in [6, 6.07) is 13.1. The Morgan fingerprint density at radius 1 is 0.295 bits per heavy atom. The largest absolute Gasteiger partial charge is 0.0836 e. The zero-order valence-corrected chi connectivity index (χ0v) is 29.0. The van der Waals surface area contributed by atoms with Crippen molar-refractivity contribution in [3.8, 4) is 55.6 Å². The average Bonchev–Trinajstić information content (AvgIpc) is 3.49. The Kier molecular flexibility index (Phi) is 6.00. The van der Waals surface area contributed by atoms with Gasteiger partial charge in [0.15, 0.2) is 0 Å². The fraction of sp³-hybridized carbons (Fsp3) is 0.200. The molecule has 4 heteroatoms. The van der Waals surface area contributed by atoms with Gasteiger partial charge in [0.05, 0.1) is 20.1 Å². The van der Waals surface area contributed by atoms with Crippen molar-refractivity contribution >= 4 is 67.9 Å². The lowest BCUT2D eigenvalue weighted by Gasteiger charge is -2.21. The van der Waals surface area contributed by atoms with Crippen molar-refractivity contribution in [1.29, 1.82) is 0 Å². The lowest BCUT2D eigenvalue weighted by Crippen LogP contribution is -1.98. The average molecular weight is 652 g/mol. The lowest BCUT2D eigenvalue weighted by atomic mass is 9.82. The van der Waals surface area contributed by atoms with Crippen molar-refractivity contribution in [3.63, 3.8) is 0 Å². The molecule has 0 aromatic heterocycles. The molecule has 218 valence electrons. The molecular weight excluding hydrogens is 622 g/mol. The van der Waals surface area contributed by atoms with Crippen LogP contribution in [0.2, 0.25) is 20.1 Å². The van der Waals surface area contributed by atoms with E-state index < -0.39 is 0 Å². The zero-order chi connectivity index (χ0) is 31.3. The standard InChI is InChI=1S/C40H30Cl4/c1-15-9-23(21(7)35-29(15)31-17(3)11-25(41)37-27(43)13-19(5)33(35)39(31)37)24-10-16(2)30-32-18(4)12-26(42)38-28(44)14-20(6)34(40(32)38)36(30)22(24)8/h9-14H,1-8H3. The summed E-state index contributed by atoms with van der Waals surface area (Å²) in [5, 5.41) is 7.10. The first-order valence-corrected chi connectivity index (χ1v) is 16.5. The number of hydrogen-bond donors (Lipinski definition) is 0. The molecule has 0 amide bonds. The van der Waals surface area contributed by atoms with Crippen LogP contribution >= 0.6 is 46.4 Å². The number of fused-ring (bicyclic) bond motifs is 6. The van der Waals surface area contributed by atoms with Gasteiger partial charge in [-0.25, -0.2) is 0 Å². The SMILES string of the molecule is Cc1cc(-c2cc(C)c3c(c2C)-c2c(C)cc(Cl)c4c(Cl)cc(C)c-3c24)c(C)c2c1-c1c(C)cc(Cl)c3c(Cl)cc(C)c-2c13. The molecule has 0 aliphatic heterocycles. The Hall–Kier alpha value is -3.00. The van der Waals surface area contributed by atoms with E-state index in [1.165, 1.54) is 111 Å². The molecule has 0 radical (unpaired) electrons. The highest BCUT2D eigenvalue weighted by atomic mass is 35.5. The molecule has 0 heterocycles. The van der Waals surface area contributed by atoms with Gasteiger partial charge in [0.25, 0.3) is 0 Å². The molecule has 0 unspecified atom stereocenters. The predicted octanol–water partition coefficient (Wildman–Crippen LogP) is 14.0. The minimum atomic E-state index is 0.709. The van der Waals surface area contributed by atoms with E-state index in [1.807, 2.05) is 0 Å². The molecule has 0 saturated carbocycles. The molecule has 0 bridgehead atoms. The third kappa shape index (κ3) is 3.38.